The SMILES string of the molecule is O=C(O)CCc1ccc(-c2ccc3c(c2)CC[C@@H]3O)cc1. The lowest BCUT2D eigenvalue weighted by Crippen LogP contribution is -1.97. The van der Waals surface area contributed by atoms with Crippen molar-refractivity contribution in [2.45, 2.75) is 31.8 Å². The predicted molar refractivity (Wildman–Crippen MR) is 81.1 cm³/mol. The molecule has 0 saturated carbocycles. The number of rotatable bonds is 4. The summed E-state index contributed by atoms with van der Waals surface area (Å²) in [6, 6.07) is 14.2. The fourth-order valence-electron chi connectivity index (χ4n) is 2.89. The van der Waals surface area contributed by atoms with Crippen molar-refractivity contribution < 1.29 is 15.0 Å². The van der Waals surface area contributed by atoms with Crippen molar-refractivity contribution in [2.24, 2.45) is 0 Å². The van der Waals surface area contributed by atoms with Crippen molar-refractivity contribution in [1.82, 2.24) is 0 Å². The van der Waals surface area contributed by atoms with Crippen molar-refractivity contribution in [1.29, 1.82) is 0 Å². The number of carboxylic acids is 1. The molecule has 0 amide bonds. The molecule has 0 bridgehead atoms. The van der Waals surface area contributed by atoms with Crippen molar-refractivity contribution >= 4 is 5.97 Å². The highest BCUT2D eigenvalue weighted by atomic mass is 16.4. The molecule has 0 aromatic heterocycles. The maximum absolute atomic E-state index is 10.6. The Morgan fingerprint density at radius 3 is 2.52 bits per heavy atom. The van der Waals surface area contributed by atoms with Gasteiger partial charge in [-0.25, -0.2) is 0 Å². The smallest absolute Gasteiger partial charge is 0.303 e. The summed E-state index contributed by atoms with van der Waals surface area (Å²) < 4.78 is 0. The number of carbonyl (C=O) groups is 1. The second-order valence-electron chi connectivity index (χ2n) is 5.56. The fourth-order valence-corrected chi connectivity index (χ4v) is 2.89. The van der Waals surface area contributed by atoms with Crippen LogP contribution in [0, 0.1) is 0 Å². The molecule has 0 saturated heterocycles. The third kappa shape index (κ3) is 2.98. The van der Waals surface area contributed by atoms with E-state index in [9.17, 15) is 9.90 Å². The Bertz CT molecular complexity index is 659. The van der Waals surface area contributed by atoms with E-state index in [0.717, 1.165) is 35.1 Å². The van der Waals surface area contributed by atoms with Gasteiger partial charge in [0.2, 0.25) is 0 Å². The summed E-state index contributed by atoms with van der Waals surface area (Å²) in [6.07, 6.45) is 2.16. The number of aliphatic hydroxyl groups excluding tert-OH is 1. The Kier molecular flexibility index (Phi) is 3.76. The molecule has 3 heteroatoms. The third-order valence-corrected chi connectivity index (χ3v) is 4.10. The van der Waals surface area contributed by atoms with E-state index < -0.39 is 5.97 Å². The molecule has 108 valence electrons. The molecular formula is C18H18O3. The Hall–Kier alpha value is -2.13. The van der Waals surface area contributed by atoms with Gasteiger partial charge >= 0.3 is 5.97 Å². The lowest BCUT2D eigenvalue weighted by Gasteiger charge is -2.08. The van der Waals surface area contributed by atoms with Gasteiger partial charge in [0, 0.05) is 6.42 Å². The van der Waals surface area contributed by atoms with Gasteiger partial charge in [-0.2, -0.15) is 0 Å². The third-order valence-electron chi connectivity index (χ3n) is 4.10. The number of hydrogen-bond donors (Lipinski definition) is 2. The normalized spacial score (nSPS) is 16.7. The second-order valence-corrected chi connectivity index (χ2v) is 5.56. The molecule has 2 aromatic rings. The molecule has 0 radical (unpaired) electrons. The number of hydrogen-bond acceptors (Lipinski definition) is 2. The molecule has 1 aliphatic rings. The van der Waals surface area contributed by atoms with Crippen LogP contribution in [-0.2, 0) is 17.6 Å². The molecule has 0 aliphatic heterocycles. The molecule has 0 heterocycles. The summed E-state index contributed by atoms with van der Waals surface area (Å²) in [5, 5.41) is 18.5. The summed E-state index contributed by atoms with van der Waals surface area (Å²) in [5.74, 6) is -0.767. The summed E-state index contributed by atoms with van der Waals surface area (Å²) in [4.78, 5) is 10.6. The molecule has 0 fully saturated rings. The molecule has 21 heavy (non-hydrogen) atoms. The summed E-state index contributed by atoms with van der Waals surface area (Å²) >= 11 is 0. The summed E-state index contributed by atoms with van der Waals surface area (Å²) in [7, 11) is 0. The number of fused-ring (bicyclic) bond motifs is 1. The standard InChI is InChI=1S/C18H18O3/c19-17-9-7-15-11-14(6-8-16(15)17)13-4-1-12(2-5-13)3-10-18(20)21/h1-2,4-6,8,11,17,19H,3,7,9-10H2,(H,20,21)/t17-/m0/s1. The van der Waals surface area contributed by atoms with Crippen LogP contribution in [0.2, 0.25) is 0 Å². The van der Waals surface area contributed by atoms with Crippen LogP contribution in [0.3, 0.4) is 0 Å². The van der Waals surface area contributed by atoms with Gasteiger partial charge < -0.3 is 10.2 Å². The van der Waals surface area contributed by atoms with Gasteiger partial charge in [0.15, 0.2) is 0 Å². The first-order valence-corrected chi connectivity index (χ1v) is 7.25. The zero-order valence-corrected chi connectivity index (χ0v) is 11.7. The first kappa shape index (κ1) is 13.8. The molecule has 1 atom stereocenters. The van der Waals surface area contributed by atoms with E-state index in [4.69, 9.17) is 5.11 Å². The van der Waals surface area contributed by atoms with E-state index in [1.54, 1.807) is 0 Å². The summed E-state index contributed by atoms with van der Waals surface area (Å²) in [5.41, 5.74) is 5.59. The van der Waals surface area contributed by atoms with E-state index in [-0.39, 0.29) is 12.5 Å². The number of benzene rings is 2. The topological polar surface area (TPSA) is 57.5 Å². The van der Waals surface area contributed by atoms with Crippen molar-refractivity contribution in [2.75, 3.05) is 0 Å². The van der Waals surface area contributed by atoms with Gasteiger partial charge in [0.25, 0.3) is 0 Å². The first-order valence-electron chi connectivity index (χ1n) is 7.25. The Morgan fingerprint density at radius 1 is 1.10 bits per heavy atom. The molecule has 0 spiro atoms. The minimum absolute atomic E-state index is 0.163. The summed E-state index contributed by atoms with van der Waals surface area (Å²) in [6.45, 7) is 0. The molecule has 1 aliphatic carbocycles. The van der Waals surface area contributed by atoms with Gasteiger partial charge in [-0.05, 0) is 47.1 Å². The van der Waals surface area contributed by atoms with Crippen LogP contribution in [0.25, 0.3) is 11.1 Å². The molecule has 3 nitrogen and oxygen atoms in total. The number of carboxylic acid groups (broad SMARTS) is 1. The second kappa shape index (κ2) is 5.70. The van der Waals surface area contributed by atoms with Crippen LogP contribution in [0.5, 0.6) is 0 Å². The molecule has 2 aromatic carbocycles. The molecule has 3 rings (SSSR count). The van der Waals surface area contributed by atoms with Crippen LogP contribution in [-0.4, -0.2) is 16.2 Å². The van der Waals surface area contributed by atoms with E-state index in [0.29, 0.717) is 6.42 Å². The van der Waals surface area contributed by atoms with Gasteiger partial charge in [0.1, 0.15) is 0 Å². The van der Waals surface area contributed by atoms with Crippen molar-refractivity contribution in [3.63, 3.8) is 0 Å². The molecule has 2 N–H and O–H groups in total. The highest BCUT2D eigenvalue weighted by Crippen LogP contribution is 2.34. The fraction of sp³-hybridized carbons (Fsp3) is 0.278. The van der Waals surface area contributed by atoms with Gasteiger partial charge in [-0.15, -0.1) is 0 Å². The lowest BCUT2D eigenvalue weighted by atomic mass is 9.98. The lowest BCUT2D eigenvalue weighted by molar-refractivity contribution is -0.136. The van der Waals surface area contributed by atoms with Crippen molar-refractivity contribution in [3.05, 3.63) is 59.2 Å². The number of aliphatic carboxylic acids is 1. The van der Waals surface area contributed by atoms with Crippen molar-refractivity contribution in [3.8, 4) is 11.1 Å². The van der Waals surface area contributed by atoms with E-state index in [1.807, 2.05) is 36.4 Å². The average Bonchev–Trinajstić information content (AvgIpc) is 2.86. The zero-order chi connectivity index (χ0) is 14.8. The maximum atomic E-state index is 10.6. The maximum Gasteiger partial charge on any atom is 0.303 e. The monoisotopic (exact) mass is 282 g/mol. The average molecular weight is 282 g/mol. The van der Waals surface area contributed by atoms with Crippen LogP contribution in [0.15, 0.2) is 42.5 Å². The highest BCUT2D eigenvalue weighted by Gasteiger charge is 2.20. The van der Waals surface area contributed by atoms with E-state index in [2.05, 4.69) is 6.07 Å². The number of aliphatic hydroxyl groups is 1. The first-order chi connectivity index (χ1) is 10.1. The van der Waals surface area contributed by atoms with Crippen LogP contribution in [0.4, 0.5) is 0 Å². The highest BCUT2D eigenvalue weighted by molar-refractivity contribution is 5.68. The van der Waals surface area contributed by atoms with Crippen LogP contribution < -0.4 is 0 Å². The Labute approximate surface area is 123 Å². The Morgan fingerprint density at radius 2 is 1.81 bits per heavy atom. The van der Waals surface area contributed by atoms with Gasteiger partial charge in [-0.3, -0.25) is 4.79 Å². The number of aryl methyl sites for hydroxylation is 2. The largest absolute Gasteiger partial charge is 0.481 e. The zero-order valence-electron chi connectivity index (χ0n) is 11.7. The molecule has 0 unspecified atom stereocenters. The quantitative estimate of drug-likeness (QED) is 0.904. The van der Waals surface area contributed by atoms with Crippen LogP contribution >= 0.6 is 0 Å². The molecular weight excluding hydrogens is 264 g/mol. The predicted octanol–water partition coefficient (Wildman–Crippen LogP) is 3.35. The van der Waals surface area contributed by atoms with E-state index >= 15 is 0 Å². The van der Waals surface area contributed by atoms with E-state index in [1.165, 1.54) is 5.56 Å². The minimum atomic E-state index is -0.767. The van der Waals surface area contributed by atoms with Gasteiger partial charge in [-0.1, -0.05) is 42.5 Å². The Balaban J connectivity index is 1.80. The van der Waals surface area contributed by atoms with Crippen LogP contribution in [0.1, 0.15) is 35.6 Å². The minimum Gasteiger partial charge on any atom is -0.481 e. The van der Waals surface area contributed by atoms with Gasteiger partial charge in [0.05, 0.1) is 6.10 Å².